The van der Waals surface area contributed by atoms with E-state index < -0.39 is 0 Å². The van der Waals surface area contributed by atoms with Crippen LogP contribution in [-0.4, -0.2) is 40.9 Å². The lowest BCUT2D eigenvalue weighted by atomic mass is 10.1. The molecule has 84 valence electrons. The van der Waals surface area contributed by atoms with E-state index in [2.05, 4.69) is 0 Å². The zero-order valence-corrected chi connectivity index (χ0v) is 9.01. The molecule has 1 amide bonds. The van der Waals surface area contributed by atoms with E-state index >= 15 is 0 Å². The number of hydrogen-bond donors (Lipinski definition) is 1. The number of Topliss-reactive ketones (excluding diaryl/α,β-unsaturated/α-hetero) is 1. The molecule has 4 heteroatoms. The molecule has 1 aromatic carbocycles. The summed E-state index contributed by atoms with van der Waals surface area (Å²) in [6, 6.07) is 6.57. The van der Waals surface area contributed by atoms with E-state index in [1.54, 1.807) is 29.2 Å². The van der Waals surface area contributed by atoms with Crippen molar-refractivity contribution in [2.45, 2.75) is 13.0 Å². The summed E-state index contributed by atoms with van der Waals surface area (Å²) < 4.78 is 0. The van der Waals surface area contributed by atoms with Gasteiger partial charge in [0.15, 0.2) is 5.78 Å². The van der Waals surface area contributed by atoms with Gasteiger partial charge in [-0.3, -0.25) is 9.59 Å². The third-order valence-electron chi connectivity index (χ3n) is 2.69. The molecule has 0 unspecified atom stereocenters. The molecule has 1 fully saturated rings. The summed E-state index contributed by atoms with van der Waals surface area (Å²) in [6.45, 7) is 2.28. The van der Waals surface area contributed by atoms with Gasteiger partial charge in [0.25, 0.3) is 5.91 Å². The van der Waals surface area contributed by atoms with Crippen LogP contribution >= 0.6 is 0 Å². The third kappa shape index (κ3) is 1.97. The zero-order chi connectivity index (χ0) is 11.7. The number of carbonyl (C=O) groups excluding carboxylic acids is 2. The molecule has 2 rings (SSSR count). The Morgan fingerprint density at radius 3 is 2.12 bits per heavy atom. The number of rotatable bonds is 2. The molecular weight excluding hydrogens is 206 g/mol. The van der Waals surface area contributed by atoms with Gasteiger partial charge in [-0.2, -0.15) is 0 Å². The van der Waals surface area contributed by atoms with Crippen molar-refractivity contribution in [1.82, 2.24) is 4.90 Å². The van der Waals surface area contributed by atoms with Gasteiger partial charge in [0.05, 0.1) is 6.10 Å². The topological polar surface area (TPSA) is 57.6 Å². The van der Waals surface area contributed by atoms with Crippen molar-refractivity contribution in [2.75, 3.05) is 13.1 Å². The van der Waals surface area contributed by atoms with Gasteiger partial charge in [-0.05, 0) is 19.1 Å². The Hall–Kier alpha value is -1.68. The first-order valence-electron chi connectivity index (χ1n) is 5.16. The third-order valence-corrected chi connectivity index (χ3v) is 2.69. The normalized spacial score (nSPS) is 15.8. The van der Waals surface area contributed by atoms with Crippen LogP contribution in [0.1, 0.15) is 27.6 Å². The standard InChI is InChI=1S/C12H13NO3/c1-8(14)9-2-4-10(5-3-9)12(16)13-6-11(15)7-13/h2-5,11,15H,6-7H2,1H3. The maximum atomic E-state index is 11.8. The predicted octanol–water partition coefficient (Wildman–Crippen LogP) is 0.706. The van der Waals surface area contributed by atoms with Gasteiger partial charge in [0, 0.05) is 24.2 Å². The first-order valence-corrected chi connectivity index (χ1v) is 5.16. The second-order valence-electron chi connectivity index (χ2n) is 4.00. The quantitative estimate of drug-likeness (QED) is 0.745. The fourth-order valence-electron chi connectivity index (χ4n) is 1.65. The number of β-amino-alcohol motifs (C(OH)–C–C–N with tert-alkyl or cyclic N) is 1. The monoisotopic (exact) mass is 219 g/mol. The molecule has 1 heterocycles. The molecule has 0 bridgehead atoms. The number of benzene rings is 1. The summed E-state index contributed by atoms with van der Waals surface area (Å²) in [4.78, 5) is 24.4. The van der Waals surface area contributed by atoms with Gasteiger partial charge in [-0.25, -0.2) is 0 Å². The molecule has 0 atom stereocenters. The smallest absolute Gasteiger partial charge is 0.254 e. The van der Waals surface area contributed by atoms with E-state index in [-0.39, 0.29) is 17.8 Å². The van der Waals surface area contributed by atoms with Crippen LogP contribution in [0.3, 0.4) is 0 Å². The number of aliphatic hydroxyl groups excluding tert-OH is 1. The molecular formula is C12H13NO3. The fourth-order valence-corrected chi connectivity index (χ4v) is 1.65. The lowest BCUT2D eigenvalue weighted by Crippen LogP contribution is -2.53. The molecule has 1 saturated heterocycles. The Morgan fingerprint density at radius 2 is 1.69 bits per heavy atom. The highest BCUT2D eigenvalue weighted by Crippen LogP contribution is 2.14. The van der Waals surface area contributed by atoms with Crippen molar-refractivity contribution in [2.24, 2.45) is 0 Å². The van der Waals surface area contributed by atoms with Crippen LogP contribution in [0.25, 0.3) is 0 Å². The van der Waals surface area contributed by atoms with E-state index in [0.29, 0.717) is 24.2 Å². The Morgan fingerprint density at radius 1 is 1.19 bits per heavy atom. The molecule has 0 radical (unpaired) electrons. The number of amides is 1. The van der Waals surface area contributed by atoms with Crippen molar-refractivity contribution in [1.29, 1.82) is 0 Å². The molecule has 0 aliphatic carbocycles. The average Bonchev–Trinajstić information content (AvgIpc) is 2.24. The highest BCUT2D eigenvalue weighted by molar-refractivity contribution is 5.98. The molecule has 0 aromatic heterocycles. The predicted molar refractivity (Wildman–Crippen MR) is 58.4 cm³/mol. The van der Waals surface area contributed by atoms with Crippen LogP contribution in [0.5, 0.6) is 0 Å². The number of likely N-dealkylation sites (tertiary alicyclic amines) is 1. The van der Waals surface area contributed by atoms with Gasteiger partial charge in [0.2, 0.25) is 0 Å². The summed E-state index contributed by atoms with van der Waals surface area (Å²) in [5.74, 6) is -0.112. The van der Waals surface area contributed by atoms with Gasteiger partial charge in [0.1, 0.15) is 0 Å². The molecule has 0 saturated carbocycles. The lowest BCUT2D eigenvalue weighted by molar-refractivity contribution is 0.00589. The van der Waals surface area contributed by atoms with Gasteiger partial charge in [-0.1, -0.05) is 12.1 Å². The minimum Gasteiger partial charge on any atom is -0.389 e. The number of nitrogens with zero attached hydrogens (tertiary/aromatic N) is 1. The number of ketones is 1. The molecule has 0 spiro atoms. The first-order chi connectivity index (χ1) is 7.58. The zero-order valence-electron chi connectivity index (χ0n) is 9.01. The van der Waals surface area contributed by atoms with Crippen LogP contribution in [0.15, 0.2) is 24.3 Å². The summed E-state index contributed by atoms with van der Waals surface area (Å²) in [6.07, 6.45) is -0.388. The minimum atomic E-state index is -0.388. The average molecular weight is 219 g/mol. The Kier molecular flexibility index (Phi) is 2.75. The second-order valence-corrected chi connectivity index (χ2v) is 4.00. The van der Waals surface area contributed by atoms with Crippen LogP contribution in [0, 0.1) is 0 Å². The van der Waals surface area contributed by atoms with E-state index in [1.165, 1.54) is 6.92 Å². The van der Waals surface area contributed by atoms with Crippen molar-refractivity contribution >= 4 is 11.7 Å². The van der Waals surface area contributed by atoms with E-state index in [9.17, 15) is 9.59 Å². The number of aliphatic hydroxyl groups is 1. The molecule has 1 aliphatic heterocycles. The fraction of sp³-hybridized carbons (Fsp3) is 0.333. The van der Waals surface area contributed by atoms with Crippen molar-refractivity contribution in [3.05, 3.63) is 35.4 Å². The second kappa shape index (κ2) is 4.06. The largest absolute Gasteiger partial charge is 0.389 e. The van der Waals surface area contributed by atoms with E-state index in [4.69, 9.17) is 5.11 Å². The number of carbonyl (C=O) groups is 2. The summed E-state index contributed by atoms with van der Waals surface area (Å²) in [7, 11) is 0. The Labute approximate surface area is 93.5 Å². The van der Waals surface area contributed by atoms with Gasteiger partial charge >= 0.3 is 0 Å². The number of hydrogen-bond acceptors (Lipinski definition) is 3. The molecule has 1 aromatic rings. The maximum absolute atomic E-state index is 11.8. The van der Waals surface area contributed by atoms with Crippen molar-refractivity contribution in [3.63, 3.8) is 0 Å². The summed E-state index contributed by atoms with van der Waals surface area (Å²) in [5.41, 5.74) is 1.15. The molecule has 1 aliphatic rings. The van der Waals surface area contributed by atoms with Gasteiger partial charge in [-0.15, -0.1) is 0 Å². The van der Waals surface area contributed by atoms with Crippen LogP contribution in [0.2, 0.25) is 0 Å². The van der Waals surface area contributed by atoms with Crippen molar-refractivity contribution in [3.8, 4) is 0 Å². The minimum absolute atomic E-state index is 0.0154. The van der Waals surface area contributed by atoms with Crippen LogP contribution < -0.4 is 0 Å². The molecule has 4 nitrogen and oxygen atoms in total. The highest BCUT2D eigenvalue weighted by atomic mass is 16.3. The maximum Gasteiger partial charge on any atom is 0.254 e. The van der Waals surface area contributed by atoms with Crippen LogP contribution in [0.4, 0.5) is 0 Å². The molecule has 1 N–H and O–H groups in total. The van der Waals surface area contributed by atoms with E-state index in [0.717, 1.165) is 0 Å². The van der Waals surface area contributed by atoms with Crippen molar-refractivity contribution < 1.29 is 14.7 Å². The van der Waals surface area contributed by atoms with Crippen LogP contribution in [-0.2, 0) is 0 Å². The summed E-state index contributed by atoms with van der Waals surface area (Å²) in [5, 5.41) is 9.09. The lowest BCUT2D eigenvalue weighted by Gasteiger charge is -2.35. The summed E-state index contributed by atoms with van der Waals surface area (Å²) >= 11 is 0. The SMILES string of the molecule is CC(=O)c1ccc(C(=O)N2CC(O)C2)cc1. The molecule has 16 heavy (non-hydrogen) atoms. The first kappa shape index (κ1) is 10.8. The van der Waals surface area contributed by atoms with Gasteiger partial charge < -0.3 is 10.0 Å². The van der Waals surface area contributed by atoms with E-state index in [1.807, 2.05) is 0 Å². The highest BCUT2D eigenvalue weighted by Gasteiger charge is 2.29. The Bertz CT molecular complexity index is 418. The Balaban J connectivity index is 2.10.